The maximum atomic E-state index is 4.18. The molecule has 2 heterocycles. The van der Waals surface area contributed by atoms with Gasteiger partial charge in [0, 0.05) is 11.6 Å². The Morgan fingerprint density at radius 2 is 1.67 bits per heavy atom. The summed E-state index contributed by atoms with van der Waals surface area (Å²) in [6.07, 6.45) is 4.73. The van der Waals surface area contributed by atoms with Crippen LogP contribution in [0, 0.1) is 0 Å². The van der Waals surface area contributed by atoms with Crippen LogP contribution >= 0.6 is 11.8 Å². The molecular weight excluding hydrogens is 202 g/mol. The molecule has 0 atom stereocenters. The van der Waals surface area contributed by atoms with Crippen LogP contribution < -0.4 is 0 Å². The van der Waals surface area contributed by atoms with Crippen molar-refractivity contribution in [3.05, 3.63) is 42.6 Å². The number of pyridine rings is 1. The molecule has 0 unspecified atom stereocenters. The number of nitrogens with zero attached hydrogens (tertiary/aromatic N) is 1. The molecule has 3 rings (SSSR count). The van der Waals surface area contributed by atoms with E-state index in [4.69, 9.17) is 0 Å². The Morgan fingerprint density at radius 3 is 2.33 bits per heavy atom. The smallest absolute Gasteiger partial charge is 0.0701 e. The van der Waals surface area contributed by atoms with Crippen molar-refractivity contribution in [3.63, 3.8) is 0 Å². The Morgan fingerprint density at radius 1 is 0.933 bits per heavy atom. The third-order valence-electron chi connectivity index (χ3n) is 2.34. The quantitative estimate of drug-likeness (QED) is 0.666. The molecule has 1 fully saturated rings. The fraction of sp³-hybridized carbons (Fsp3) is 0.308. The Balaban J connectivity index is 0.000000144. The lowest BCUT2D eigenvalue weighted by atomic mass is 10.2. The summed E-state index contributed by atoms with van der Waals surface area (Å²) < 4.78 is 0. The molecule has 1 saturated heterocycles. The second-order valence-corrected chi connectivity index (χ2v) is 4.74. The molecule has 1 nitrogen and oxygen atoms in total. The Hall–Kier alpha value is -1.02. The van der Waals surface area contributed by atoms with Crippen LogP contribution in [0.3, 0.4) is 0 Å². The first-order chi connectivity index (χ1) is 7.47. The molecule has 78 valence electrons. The second-order valence-electron chi connectivity index (χ2n) is 3.52. The van der Waals surface area contributed by atoms with Gasteiger partial charge >= 0.3 is 0 Å². The van der Waals surface area contributed by atoms with E-state index in [0.717, 1.165) is 5.52 Å². The van der Waals surface area contributed by atoms with Crippen molar-refractivity contribution in [2.24, 2.45) is 0 Å². The van der Waals surface area contributed by atoms with E-state index in [1.165, 1.54) is 29.7 Å². The van der Waals surface area contributed by atoms with Crippen molar-refractivity contribution < 1.29 is 0 Å². The van der Waals surface area contributed by atoms with Crippen LogP contribution in [0.1, 0.15) is 12.8 Å². The molecule has 1 aliphatic heterocycles. The van der Waals surface area contributed by atoms with E-state index in [1.807, 2.05) is 30.5 Å². The van der Waals surface area contributed by atoms with E-state index >= 15 is 0 Å². The van der Waals surface area contributed by atoms with E-state index < -0.39 is 0 Å². The van der Waals surface area contributed by atoms with Gasteiger partial charge in [-0.05, 0) is 36.5 Å². The molecule has 0 spiro atoms. The summed E-state index contributed by atoms with van der Waals surface area (Å²) in [6.45, 7) is 0. The van der Waals surface area contributed by atoms with Crippen LogP contribution in [0.2, 0.25) is 0 Å². The van der Waals surface area contributed by atoms with Gasteiger partial charge in [0.2, 0.25) is 0 Å². The number of thioether (sulfide) groups is 1. The fourth-order valence-corrected chi connectivity index (χ4v) is 2.55. The predicted octanol–water partition coefficient (Wildman–Crippen LogP) is 3.75. The van der Waals surface area contributed by atoms with E-state index in [9.17, 15) is 0 Å². The first kappa shape index (κ1) is 10.5. The summed E-state index contributed by atoms with van der Waals surface area (Å²) >= 11 is 2.07. The van der Waals surface area contributed by atoms with Gasteiger partial charge in [0.15, 0.2) is 0 Å². The Kier molecular flexibility index (Phi) is 4.03. The van der Waals surface area contributed by atoms with E-state index in [1.54, 1.807) is 0 Å². The lowest BCUT2D eigenvalue weighted by Gasteiger charge is -1.91. The van der Waals surface area contributed by atoms with E-state index in [-0.39, 0.29) is 0 Å². The first-order valence-electron chi connectivity index (χ1n) is 5.34. The van der Waals surface area contributed by atoms with Gasteiger partial charge in [-0.2, -0.15) is 11.8 Å². The van der Waals surface area contributed by atoms with Crippen molar-refractivity contribution in [1.82, 2.24) is 4.98 Å². The average molecular weight is 217 g/mol. The number of fused-ring (bicyclic) bond motifs is 1. The van der Waals surface area contributed by atoms with Crippen molar-refractivity contribution in [2.75, 3.05) is 11.5 Å². The van der Waals surface area contributed by atoms with Crippen LogP contribution in [-0.2, 0) is 0 Å². The minimum absolute atomic E-state index is 1.06. The highest BCUT2D eigenvalue weighted by atomic mass is 32.2. The molecule has 0 saturated carbocycles. The molecular formula is C13H15NS. The molecule has 2 heteroatoms. The maximum absolute atomic E-state index is 4.18. The SMILES string of the molecule is C1CCSC1.c1ccc2ncccc2c1. The van der Waals surface area contributed by atoms with Gasteiger partial charge in [0.25, 0.3) is 0 Å². The largest absolute Gasteiger partial charge is 0.256 e. The Labute approximate surface area is 94.9 Å². The maximum Gasteiger partial charge on any atom is 0.0701 e. The molecule has 0 aliphatic carbocycles. The van der Waals surface area contributed by atoms with Crippen molar-refractivity contribution in [3.8, 4) is 0 Å². The summed E-state index contributed by atoms with van der Waals surface area (Å²) in [5.74, 6) is 2.83. The normalized spacial score (nSPS) is 14.7. The third kappa shape index (κ3) is 3.24. The van der Waals surface area contributed by atoms with Crippen LogP contribution in [0.4, 0.5) is 0 Å². The summed E-state index contributed by atoms with van der Waals surface area (Å²) in [5, 5.41) is 1.20. The molecule has 1 aromatic carbocycles. The number of rotatable bonds is 0. The highest BCUT2D eigenvalue weighted by molar-refractivity contribution is 7.99. The molecule has 0 amide bonds. The minimum atomic E-state index is 1.06. The van der Waals surface area contributed by atoms with Crippen LogP contribution in [-0.4, -0.2) is 16.5 Å². The number of hydrogen-bond acceptors (Lipinski definition) is 2. The van der Waals surface area contributed by atoms with Crippen molar-refractivity contribution in [2.45, 2.75) is 12.8 Å². The van der Waals surface area contributed by atoms with E-state index in [2.05, 4.69) is 28.9 Å². The van der Waals surface area contributed by atoms with Gasteiger partial charge in [-0.1, -0.05) is 24.3 Å². The van der Waals surface area contributed by atoms with Gasteiger partial charge in [0.05, 0.1) is 5.52 Å². The summed E-state index contributed by atoms with van der Waals surface area (Å²) in [5.41, 5.74) is 1.06. The number of hydrogen-bond donors (Lipinski definition) is 0. The minimum Gasteiger partial charge on any atom is -0.256 e. The van der Waals surface area contributed by atoms with Gasteiger partial charge in [-0.15, -0.1) is 0 Å². The molecule has 0 N–H and O–H groups in total. The lowest BCUT2D eigenvalue weighted by molar-refractivity contribution is 0.949. The number of aromatic nitrogens is 1. The zero-order valence-corrected chi connectivity index (χ0v) is 9.54. The lowest BCUT2D eigenvalue weighted by Crippen LogP contribution is -1.73. The van der Waals surface area contributed by atoms with Crippen LogP contribution in [0.25, 0.3) is 10.9 Å². The molecule has 15 heavy (non-hydrogen) atoms. The summed E-state index contributed by atoms with van der Waals surface area (Å²) in [4.78, 5) is 4.18. The summed E-state index contributed by atoms with van der Waals surface area (Å²) in [7, 11) is 0. The van der Waals surface area contributed by atoms with Gasteiger partial charge in [-0.25, -0.2) is 0 Å². The van der Waals surface area contributed by atoms with Crippen LogP contribution in [0.15, 0.2) is 42.6 Å². The fourth-order valence-electron chi connectivity index (χ4n) is 1.53. The summed E-state index contributed by atoms with van der Waals surface area (Å²) in [6, 6.07) is 12.1. The standard InChI is InChI=1S/C9H7N.C4H8S/c1-2-6-9-8(4-1)5-3-7-10-9;1-2-4-5-3-1/h1-7H;1-4H2. The molecule has 2 aromatic rings. The highest BCUT2D eigenvalue weighted by Crippen LogP contribution is 2.14. The van der Waals surface area contributed by atoms with E-state index in [0.29, 0.717) is 0 Å². The van der Waals surface area contributed by atoms with Gasteiger partial charge < -0.3 is 0 Å². The number of benzene rings is 1. The zero-order valence-electron chi connectivity index (χ0n) is 8.73. The van der Waals surface area contributed by atoms with Crippen LogP contribution in [0.5, 0.6) is 0 Å². The van der Waals surface area contributed by atoms with Gasteiger partial charge in [0.1, 0.15) is 0 Å². The molecule has 1 aliphatic rings. The van der Waals surface area contributed by atoms with Crippen molar-refractivity contribution >= 4 is 22.7 Å². The second kappa shape index (κ2) is 5.76. The topological polar surface area (TPSA) is 12.9 Å². The monoisotopic (exact) mass is 217 g/mol. The zero-order chi connectivity index (χ0) is 10.3. The average Bonchev–Trinajstić information content (AvgIpc) is 2.88. The number of para-hydroxylation sites is 1. The highest BCUT2D eigenvalue weighted by Gasteiger charge is 1.95. The van der Waals surface area contributed by atoms with Gasteiger partial charge in [-0.3, -0.25) is 4.98 Å². The van der Waals surface area contributed by atoms with Crippen molar-refractivity contribution in [1.29, 1.82) is 0 Å². The molecule has 1 aromatic heterocycles. The molecule has 0 bridgehead atoms. The molecule has 0 radical (unpaired) electrons. The Bertz CT molecular complexity index is 337. The predicted molar refractivity (Wildman–Crippen MR) is 68.3 cm³/mol. The first-order valence-corrected chi connectivity index (χ1v) is 6.50. The third-order valence-corrected chi connectivity index (χ3v) is 3.49.